The molecule has 0 saturated carbocycles. The van der Waals surface area contributed by atoms with Crippen molar-refractivity contribution in [3.63, 3.8) is 0 Å². The smallest absolute Gasteiger partial charge is 0.179 e. The summed E-state index contributed by atoms with van der Waals surface area (Å²) in [7, 11) is 0. The Labute approximate surface area is 245 Å². The third-order valence-corrected chi connectivity index (χ3v) is 8.61. The molecule has 2 heterocycles. The van der Waals surface area contributed by atoms with Crippen molar-refractivity contribution in [2.75, 3.05) is 0 Å². The van der Waals surface area contributed by atoms with Crippen molar-refractivity contribution in [1.29, 1.82) is 5.26 Å². The van der Waals surface area contributed by atoms with E-state index in [0.29, 0.717) is 5.56 Å². The third kappa shape index (κ3) is 3.58. The zero-order chi connectivity index (χ0) is 27.5. The van der Waals surface area contributed by atoms with Crippen LogP contribution in [-0.2, 0) is 0 Å². The van der Waals surface area contributed by atoms with E-state index in [1.807, 2.05) is 6.07 Å². The average Bonchev–Trinajstić information content (AvgIpc) is 3.54. The molecule has 0 aliphatic carbocycles. The van der Waals surface area contributed by atoms with E-state index in [-0.39, 0.29) is 0 Å². The molecule has 2 aromatic heterocycles. The summed E-state index contributed by atoms with van der Waals surface area (Å²) >= 11 is 2.87. The lowest BCUT2D eigenvalue weighted by Crippen LogP contribution is -2.11. The van der Waals surface area contributed by atoms with Gasteiger partial charge in [-0.1, -0.05) is 84.9 Å². The lowest BCUT2D eigenvalue weighted by Gasteiger charge is -2.13. The largest absolute Gasteiger partial charge is 0.311 e. The summed E-state index contributed by atoms with van der Waals surface area (Å²) < 4.78 is 5.73. The van der Waals surface area contributed by atoms with Gasteiger partial charge >= 0.3 is 0 Å². The van der Waals surface area contributed by atoms with Gasteiger partial charge in [-0.2, -0.15) is 5.26 Å². The Morgan fingerprint density at radius 2 is 1.07 bits per heavy atom. The molecule has 0 aliphatic heterocycles. The van der Waals surface area contributed by atoms with Crippen molar-refractivity contribution in [2.24, 2.45) is 0 Å². The predicted molar refractivity (Wildman–Crippen MR) is 171 cm³/mol. The number of para-hydroxylation sites is 4. The molecule has 0 unspecified atom stereocenters. The van der Waals surface area contributed by atoms with Gasteiger partial charge in [0.1, 0.15) is 0 Å². The first-order valence-corrected chi connectivity index (χ1v) is 14.2. The van der Waals surface area contributed by atoms with Crippen LogP contribution in [0.4, 0.5) is 0 Å². The monoisotopic (exact) mass is 535 g/mol. The number of nitriles is 1. The van der Waals surface area contributed by atoms with Crippen molar-refractivity contribution >= 4 is 64.3 Å². The van der Waals surface area contributed by atoms with Crippen LogP contribution in [0.15, 0.2) is 133 Å². The maximum absolute atomic E-state index is 10.3. The predicted octanol–water partition coefficient (Wildman–Crippen LogP) is 8.21. The van der Waals surface area contributed by atoms with Gasteiger partial charge in [0, 0.05) is 32.9 Å². The first-order valence-electron chi connectivity index (χ1n) is 13.6. The fourth-order valence-electron chi connectivity index (χ4n) is 6.31. The summed E-state index contributed by atoms with van der Waals surface area (Å²) in [6.07, 6.45) is 0. The summed E-state index contributed by atoms with van der Waals surface area (Å²) in [5.41, 5.74) is 9.32. The first kappa shape index (κ1) is 23.8. The van der Waals surface area contributed by atoms with E-state index in [1.54, 1.807) is 0 Å². The third-order valence-electron chi connectivity index (χ3n) is 8.12. The molecular formula is C37H22AlN3. The molecule has 41 heavy (non-hydrogen) atoms. The summed E-state index contributed by atoms with van der Waals surface area (Å²) in [5.74, 6) is 0. The summed E-state index contributed by atoms with van der Waals surface area (Å²) in [6, 6.07) is 49.1. The van der Waals surface area contributed by atoms with Crippen molar-refractivity contribution in [3.05, 3.63) is 139 Å². The van der Waals surface area contributed by atoms with Crippen LogP contribution in [0.25, 0.3) is 66.1 Å². The molecule has 2 radical (unpaired) electrons. The van der Waals surface area contributed by atoms with E-state index in [0.717, 1.165) is 49.0 Å². The second-order valence-corrected chi connectivity index (χ2v) is 11.0. The molecule has 188 valence electrons. The Balaban J connectivity index is 1.33. The number of aromatic nitrogens is 2. The average molecular weight is 536 g/mol. The zero-order valence-corrected chi connectivity index (χ0v) is 23.3. The normalized spacial score (nSPS) is 11.5. The van der Waals surface area contributed by atoms with Crippen molar-refractivity contribution in [3.8, 4) is 28.6 Å². The van der Waals surface area contributed by atoms with Gasteiger partial charge < -0.3 is 9.13 Å². The van der Waals surface area contributed by atoms with E-state index in [2.05, 4.69) is 159 Å². The highest BCUT2D eigenvalue weighted by atomic mass is 27.0. The molecular weight excluding hydrogens is 513 g/mol. The molecule has 8 aromatic rings. The van der Waals surface area contributed by atoms with Crippen LogP contribution in [0.5, 0.6) is 0 Å². The Morgan fingerprint density at radius 3 is 1.73 bits per heavy atom. The highest BCUT2D eigenvalue weighted by Crippen LogP contribution is 2.37. The Bertz CT molecular complexity index is 2300. The standard InChI is InChI=1S/C37H22N3.Al/c38-24-26-22-28(40-34-15-7-4-12-30(34)31-13-5-8-16-35(31)40)19-20-29(26)25-18-21-37-33(23-25)32-14-6-9-17-36(32)39(37)27-10-2-1-3-11-27;/h1-10,12-23H;. The first-order chi connectivity index (χ1) is 20.2. The molecule has 4 heteroatoms. The van der Waals surface area contributed by atoms with Crippen LogP contribution in [0.1, 0.15) is 5.56 Å². The molecule has 8 rings (SSSR count). The minimum Gasteiger partial charge on any atom is -0.311 e. The molecule has 0 N–H and O–H groups in total. The second kappa shape index (κ2) is 9.26. The molecule has 0 amide bonds. The van der Waals surface area contributed by atoms with Gasteiger partial charge in [0.2, 0.25) is 0 Å². The van der Waals surface area contributed by atoms with Gasteiger partial charge in [-0.3, -0.25) is 0 Å². The van der Waals surface area contributed by atoms with Crippen molar-refractivity contribution in [2.45, 2.75) is 0 Å². The number of rotatable bonds is 3. The van der Waals surface area contributed by atoms with E-state index >= 15 is 0 Å². The summed E-state index contributed by atoms with van der Waals surface area (Å²) in [4.78, 5) is 0. The molecule has 0 saturated heterocycles. The SMILES string of the molecule is N#Cc1cc(-n2c3ccccc3c3ccccc32)ccc1-c1ccc2c(c1)c1ccccc1n2-c1cccc[c]1[Al]. The highest BCUT2D eigenvalue weighted by molar-refractivity contribution is 6.35. The van der Waals surface area contributed by atoms with E-state index in [1.165, 1.54) is 21.5 Å². The van der Waals surface area contributed by atoms with Gasteiger partial charge in [-0.25, -0.2) is 0 Å². The van der Waals surface area contributed by atoms with E-state index in [9.17, 15) is 5.26 Å². The Kier molecular flexibility index (Phi) is 5.37. The van der Waals surface area contributed by atoms with Crippen LogP contribution in [0, 0.1) is 11.3 Å². The van der Waals surface area contributed by atoms with Crippen molar-refractivity contribution in [1.82, 2.24) is 9.13 Å². The molecule has 0 atom stereocenters. The number of nitrogens with zero attached hydrogens (tertiary/aromatic N) is 3. The topological polar surface area (TPSA) is 33.6 Å². The van der Waals surface area contributed by atoms with Gasteiger partial charge in [-0.05, 0) is 59.7 Å². The van der Waals surface area contributed by atoms with Crippen LogP contribution in [0.2, 0.25) is 0 Å². The van der Waals surface area contributed by atoms with Crippen LogP contribution in [-0.4, -0.2) is 25.4 Å². The van der Waals surface area contributed by atoms with Gasteiger partial charge in [-0.15, -0.1) is 4.43 Å². The number of hydrogen-bond donors (Lipinski definition) is 0. The van der Waals surface area contributed by atoms with Crippen LogP contribution in [0.3, 0.4) is 0 Å². The maximum Gasteiger partial charge on any atom is 0.179 e. The number of hydrogen-bond acceptors (Lipinski definition) is 1. The van der Waals surface area contributed by atoms with E-state index < -0.39 is 0 Å². The van der Waals surface area contributed by atoms with Gasteiger partial charge in [0.25, 0.3) is 0 Å². The molecule has 0 spiro atoms. The number of benzene rings is 6. The quantitative estimate of drug-likeness (QED) is 0.210. The zero-order valence-electron chi connectivity index (χ0n) is 22.1. The fraction of sp³-hybridized carbons (Fsp3) is 0. The second-order valence-electron chi connectivity index (χ2n) is 10.4. The highest BCUT2D eigenvalue weighted by Gasteiger charge is 2.17. The lowest BCUT2D eigenvalue weighted by molar-refractivity contribution is 1.18. The van der Waals surface area contributed by atoms with Crippen LogP contribution < -0.4 is 4.43 Å². The Hall–Kier alpha value is -5.06. The molecule has 6 aromatic carbocycles. The molecule has 3 nitrogen and oxygen atoms in total. The van der Waals surface area contributed by atoms with Gasteiger partial charge in [0.05, 0.1) is 33.7 Å². The molecule has 0 aliphatic rings. The summed E-state index contributed by atoms with van der Waals surface area (Å²) in [6.45, 7) is 0. The minimum absolute atomic E-state index is 0.655. The minimum atomic E-state index is 0.655. The van der Waals surface area contributed by atoms with Crippen LogP contribution >= 0.6 is 0 Å². The van der Waals surface area contributed by atoms with Gasteiger partial charge in [0.15, 0.2) is 16.3 Å². The molecule has 0 bridgehead atoms. The number of fused-ring (bicyclic) bond motifs is 6. The lowest BCUT2D eigenvalue weighted by atomic mass is 9.98. The van der Waals surface area contributed by atoms with Crippen molar-refractivity contribution < 1.29 is 0 Å². The van der Waals surface area contributed by atoms with E-state index in [4.69, 9.17) is 0 Å². The summed E-state index contributed by atoms with van der Waals surface area (Å²) in [5, 5.41) is 15.1. The molecule has 0 fully saturated rings. The maximum atomic E-state index is 10.3. The fourth-order valence-corrected chi connectivity index (χ4v) is 6.64. The Morgan fingerprint density at radius 1 is 0.512 bits per heavy atom.